The maximum absolute atomic E-state index is 12.5. The highest BCUT2D eigenvalue weighted by atomic mass is 16.4. The molecule has 0 saturated carbocycles. The van der Waals surface area contributed by atoms with Crippen molar-refractivity contribution < 1.29 is 9.90 Å². The van der Waals surface area contributed by atoms with Crippen LogP contribution in [0.2, 0.25) is 0 Å². The molecular formula is C26H21NO2. The molecule has 0 bridgehead atoms. The van der Waals surface area contributed by atoms with E-state index >= 15 is 0 Å². The number of nitriles is 1. The van der Waals surface area contributed by atoms with Crippen molar-refractivity contribution in [1.29, 1.82) is 5.26 Å². The zero-order valence-corrected chi connectivity index (χ0v) is 16.2. The number of hydrogen-bond acceptors (Lipinski definition) is 2. The first-order valence-electron chi connectivity index (χ1n) is 9.72. The van der Waals surface area contributed by atoms with E-state index in [1.54, 1.807) is 6.92 Å². The Morgan fingerprint density at radius 2 is 1.31 bits per heavy atom. The third-order valence-corrected chi connectivity index (χ3v) is 5.90. The molecule has 4 aromatic rings. The minimum absolute atomic E-state index is 0.204. The lowest BCUT2D eigenvalue weighted by molar-refractivity contribution is -0.146. The van der Waals surface area contributed by atoms with Crippen LogP contribution in [0.1, 0.15) is 30.4 Å². The molecule has 0 aromatic heterocycles. The first-order valence-corrected chi connectivity index (χ1v) is 9.72. The van der Waals surface area contributed by atoms with Gasteiger partial charge in [-0.2, -0.15) is 5.26 Å². The third-order valence-electron chi connectivity index (χ3n) is 5.90. The molecule has 3 heteroatoms. The molecule has 0 aliphatic heterocycles. The predicted octanol–water partition coefficient (Wildman–Crippen LogP) is 6.13. The number of aliphatic carboxylic acids is 1. The van der Waals surface area contributed by atoms with E-state index in [-0.39, 0.29) is 6.42 Å². The lowest BCUT2D eigenvalue weighted by Gasteiger charge is -2.33. The molecule has 29 heavy (non-hydrogen) atoms. The van der Waals surface area contributed by atoms with Gasteiger partial charge in [0.2, 0.25) is 0 Å². The van der Waals surface area contributed by atoms with Gasteiger partial charge in [0.15, 0.2) is 5.41 Å². The minimum atomic E-state index is -1.58. The van der Waals surface area contributed by atoms with Crippen molar-refractivity contribution in [2.45, 2.75) is 19.3 Å². The first kappa shape index (κ1) is 18.7. The minimum Gasteiger partial charge on any atom is -0.480 e. The Morgan fingerprint density at radius 3 is 1.72 bits per heavy atom. The lowest BCUT2D eigenvalue weighted by Crippen LogP contribution is -2.36. The molecular weight excluding hydrogens is 358 g/mol. The summed E-state index contributed by atoms with van der Waals surface area (Å²) < 4.78 is 0. The normalized spacial score (nSPS) is 13.3. The summed E-state index contributed by atoms with van der Waals surface area (Å²) in [4.78, 5) is 12.5. The molecule has 1 N–H and O–H groups in total. The second-order valence-corrected chi connectivity index (χ2v) is 7.31. The van der Waals surface area contributed by atoms with Gasteiger partial charge >= 0.3 is 5.97 Å². The van der Waals surface area contributed by atoms with E-state index in [9.17, 15) is 15.2 Å². The van der Waals surface area contributed by atoms with Crippen molar-refractivity contribution in [3.8, 4) is 6.07 Å². The molecule has 4 aromatic carbocycles. The first-order chi connectivity index (χ1) is 14.1. The Labute approximate surface area is 169 Å². The molecule has 1 atom stereocenters. The smallest absolute Gasteiger partial charge is 0.325 e. The molecule has 3 nitrogen and oxygen atoms in total. The van der Waals surface area contributed by atoms with Crippen LogP contribution in [0, 0.1) is 16.7 Å². The quantitative estimate of drug-likeness (QED) is 0.454. The van der Waals surface area contributed by atoms with E-state index in [4.69, 9.17) is 0 Å². The van der Waals surface area contributed by atoms with E-state index < -0.39 is 17.3 Å². The van der Waals surface area contributed by atoms with Crippen molar-refractivity contribution in [2.75, 3.05) is 0 Å². The number of hydrogen-bond donors (Lipinski definition) is 1. The fourth-order valence-electron chi connectivity index (χ4n) is 4.37. The average molecular weight is 379 g/mol. The van der Waals surface area contributed by atoms with Crippen LogP contribution in [-0.4, -0.2) is 11.1 Å². The van der Waals surface area contributed by atoms with Crippen LogP contribution in [0.25, 0.3) is 21.5 Å². The van der Waals surface area contributed by atoms with Crippen molar-refractivity contribution in [3.63, 3.8) is 0 Å². The Balaban J connectivity index is 2.14. The maximum Gasteiger partial charge on any atom is 0.325 e. The number of nitrogens with zero attached hydrogens (tertiary/aromatic N) is 1. The highest BCUT2D eigenvalue weighted by molar-refractivity contribution is 5.93. The number of carboxylic acids is 1. The molecule has 0 radical (unpaired) electrons. The van der Waals surface area contributed by atoms with Crippen molar-refractivity contribution in [2.24, 2.45) is 5.41 Å². The van der Waals surface area contributed by atoms with Crippen LogP contribution in [0.4, 0.5) is 0 Å². The SMILES string of the molecule is CCC(C#N)(C(=O)O)C(c1cccc2ccccc12)c1cccc2ccccc12. The van der Waals surface area contributed by atoms with Gasteiger partial charge in [-0.15, -0.1) is 0 Å². The van der Waals surface area contributed by atoms with E-state index in [1.165, 1.54) is 0 Å². The fraction of sp³-hybridized carbons (Fsp3) is 0.154. The summed E-state index contributed by atoms with van der Waals surface area (Å²) in [6, 6.07) is 29.9. The molecule has 0 spiro atoms. The van der Waals surface area contributed by atoms with Gasteiger partial charge in [0.05, 0.1) is 6.07 Å². The van der Waals surface area contributed by atoms with Crippen molar-refractivity contribution >= 4 is 27.5 Å². The monoisotopic (exact) mass is 379 g/mol. The number of rotatable bonds is 5. The second kappa shape index (κ2) is 7.41. The topological polar surface area (TPSA) is 61.1 Å². The molecule has 0 aliphatic carbocycles. The lowest BCUT2D eigenvalue weighted by atomic mass is 9.66. The summed E-state index contributed by atoms with van der Waals surface area (Å²) >= 11 is 0. The molecule has 142 valence electrons. The summed E-state index contributed by atoms with van der Waals surface area (Å²) in [7, 11) is 0. The number of carboxylic acid groups (broad SMARTS) is 1. The van der Waals surface area contributed by atoms with E-state index in [1.807, 2.05) is 84.9 Å². The van der Waals surface area contributed by atoms with Gasteiger partial charge in [-0.25, -0.2) is 0 Å². The zero-order valence-electron chi connectivity index (χ0n) is 16.2. The average Bonchev–Trinajstić information content (AvgIpc) is 2.77. The van der Waals surface area contributed by atoms with E-state index in [2.05, 4.69) is 6.07 Å². The third kappa shape index (κ3) is 2.94. The number of benzene rings is 4. The summed E-state index contributed by atoms with van der Waals surface area (Å²) in [6.07, 6.45) is 0.204. The van der Waals surface area contributed by atoms with Crippen LogP contribution in [-0.2, 0) is 4.79 Å². The Hall–Kier alpha value is -3.64. The number of carbonyl (C=O) groups is 1. The van der Waals surface area contributed by atoms with Gasteiger partial charge in [0.1, 0.15) is 0 Å². The van der Waals surface area contributed by atoms with Gasteiger partial charge < -0.3 is 5.11 Å². The molecule has 0 amide bonds. The van der Waals surface area contributed by atoms with Gasteiger partial charge in [0.25, 0.3) is 0 Å². The van der Waals surface area contributed by atoms with Crippen LogP contribution in [0.3, 0.4) is 0 Å². The van der Waals surface area contributed by atoms with Crippen molar-refractivity contribution in [1.82, 2.24) is 0 Å². The molecule has 0 fully saturated rings. The fourth-order valence-corrected chi connectivity index (χ4v) is 4.37. The van der Waals surface area contributed by atoms with Gasteiger partial charge in [-0.1, -0.05) is 91.9 Å². The highest BCUT2D eigenvalue weighted by Crippen LogP contribution is 2.47. The Morgan fingerprint density at radius 1 is 0.862 bits per heavy atom. The number of fused-ring (bicyclic) bond motifs is 2. The van der Waals surface area contributed by atoms with Crippen molar-refractivity contribution in [3.05, 3.63) is 96.1 Å². The maximum atomic E-state index is 12.5. The second-order valence-electron chi connectivity index (χ2n) is 7.31. The highest BCUT2D eigenvalue weighted by Gasteiger charge is 2.47. The largest absolute Gasteiger partial charge is 0.480 e. The molecule has 0 saturated heterocycles. The van der Waals surface area contributed by atoms with Crippen LogP contribution >= 0.6 is 0 Å². The van der Waals surface area contributed by atoms with Gasteiger partial charge in [-0.05, 0) is 39.1 Å². The molecule has 4 rings (SSSR count). The van der Waals surface area contributed by atoms with E-state index in [0.717, 1.165) is 32.7 Å². The zero-order chi connectivity index (χ0) is 20.4. The van der Waals surface area contributed by atoms with Crippen LogP contribution in [0.5, 0.6) is 0 Å². The molecule has 0 heterocycles. The van der Waals surface area contributed by atoms with Crippen LogP contribution in [0.15, 0.2) is 84.9 Å². The summed E-state index contributed by atoms with van der Waals surface area (Å²) in [5, 5.41) is 24.4. The Bertz CT molecular complexity index is 1160. The molecule has 0 aliphatic rings. The van der Waals surface area contributed by atoms with Gasteiger partial charge in [0, 0.05) is 5.92 Å². The summed E-state index contributed by atoms with van der Waals surface area (Å²) in [5.41, 5.74) is 0.157. The molecule has 1 unspecified atom stereocenters. The van der Waals surface area contributed by atoms with Crippen LogP contribution < -0.4 is 0 Å². The predicted molar refractivity (Wildman–Crippen MR) is 116 cm³/mol. The summed E-state index contributed by atoms with van der Waals surface area (Å²) in [5.74, 6) is -1.69. The van der Waals surface area contributed by atoms with E-state index in [0.29, 0.717) is 0 Å². The van der Waals surface area contributed by atoms with Gasteiger partial charge in [-0.3, -0.25) is 4.79 Å². The summed E-state index contributed by atoms with van der Waals surface area (Å²) in [6.45, 7) is 1.78. The standard InChI is InChI=1S/C26H21NO2/c1-2-26(17-27,25(28)29)24(22-15-7-11-18-9-3-5-13-20(18)22)23-16-8-12-19-10-4-6-14-21(19)23/h3-16,24H,2H2,1H3,(H,28,29). The Kier molecular flexibility index (Phi) is 4.78.